The first-order chi connectivity index (χ1) is 22.4. The Balaban J connectivity index is 1.49. The van der Waals surface area contributed by atoms with Crippen molar-refractivity contribution in [2.75, 3.05) is 32.5 Å². The summed E-state index contributed by atoms with van der Waals surface area (Å²) in [6.07, 6.45) is 4.11. The highest BCUT2D eigenvalue weighted by atomic mass is 35.5. The smallest absolute Gasteiger partial charge is 0.409 e. The molecule has 248 valence electrons. The lowest BCUT2D eigenvalue weighted by Gasteiger charge is -2.38. The molecule has 4 aromatic rings. The number of rotatable bonds is 10. The summed E-state index contributed by atoms with van der Waals surface area (Å²) in [6, 6.07) is 9.97. The Morgan fingerprint density at radius 2 is 1.91 bits per heavy atom. The van der Waals surface area contributed by atoms with Crippen molar-refractivity contribution in [1.29, 1.82) is 0 Å². The maximum atomic E-state index is 14.2. The molecule has 2 amide bonds. The van der Waals surface area contributed by atoms with Gasteiger partial charge in [0, 0.05) is 48.8 Å². The summed E-state index contributed by atoms with van der Waals surface area (Å²) in [7, 11) is -3.33. The Morgan fingerprint density at radius 3 is 2.51 bits per heavy atom. The zero-order valence-electron chi connectivity index (χ0n) is 25.1. The van der Waals surface area contributed by atoms with Crippen LogP contribution in [0.15, 0.2) is 66.2 Å². The predicted octanol–water partition coefficient (Wildman–Crippen LogP) is 3.77. The molecule has 0 spiro atoms. The Morgan fingerprint density at radius 1 is 1.19 bits per heavy atom. The SMILES string of the molecule is CCN=C(N)N(C(=O)c1ccc(-c2cnn(C(F)F)c2)cc1)[C@H](COC(=O)N1CC(S(C)(=O)=O)C1)c1ccc(Cl)c(-c2ncn[nH]2)c1. The molecule has 18 heteroatoms. The second kappa shape index (κ2) is 13.8. The second-order valence-corrected chi connectivity index (χ2v) is 13.3. The maximum absolute atomic E-state index is 14.2. The number of hydrogen-bond acceptors (Lipinski definition) is 9. The van der Waals surface area contributed by atoms with E-state index in [0.29, 0.717) is 37.8 Å². The van der Waals surface area contributed by atoms with Crippen LogP contribution in [-0.4, -0.2) is 98.9 Å². The van der Waals surface area contributed by atoms with E-state index in [4.69, 9.17) is 22.1 Å². The molecule has 1 fully saturated rings. The zero-order valence-corrected chi connectivity index (χ0v) is 26.7. The average Bonchev–Trinajstić information content (AvgIpc) is 3.72. The van der Waals surface area contributed by atoms with Crippen molar-refractivity contribution in [2.45, 2.75) is 24.8 Å². The predicted molar refractivity (Wildman–Crippen MR) is 168 cm³/mol. The van der Waals surface area contributed by atoms with Gasteiger partial charge in [0.25, 0.3) is 5.91 Å². The van der Waals surface area contributed by atoms with E-state index >= 15 is 0 Å². The van der Waals surface area contributed by atoms with Crippen LogP contribution in [0.1, 0.15) is 35.4 Å². The number of aromatic amines is 1. The number of benzene rings is 2. The average molecular weight is 690 g/mol. The molecule has 1 aliphatic rings. The van der Waals surface area contributed by atoms with E-state index in [1.54, 1.807) is 37.3 Å². The number of likely N-dealkylation sites (tertiary alicyclic amines) is 1. The Labute approximate surface area is 273 Å². The van der Waals surface area contributed by atoms with Crippen LogP contribution in [0.4, 0.5) is 13.6 Å². The van der Waals surface area contributed by atoms with Crippen LogP contribution in [0.2, 0.25) is 5.02 Å². The number of nitrogens with one attached hydrogen (secondary N) is 1. The lowest BCUT2D eigenvalue weighted by molar-refractivity contribution is 0.0547. The number of guanidine groups is 1. The number of halogens is 3. The minimum absolute atomic E-state index is 0.0242. The largest absolute Gasteiger partial charge is 0.447 e. The van der Waals surface area contributed by atoms with E-state index in [1.165, 1.54) is 40.7 Å². The second-order valence-electron chi connectivity index (χ2n) is 10.6. The van der Waals surface area contributed by atoms with Crippen LogP contribution in [-0.2, 0) is 14.6 Å². The molecule has 0 radical (unpaired) electrons. The molecule has 0 unspecified atom stereocenters. The lowest BCUT2D eigenvalue weighted by Crippen LogP contribution is -2.57. The van der Waals surface area contributed by atoms with Gasteiger partial charge >= 0.3 is 12.6 Å². The van der Waals surface area contributed by atoms with Crippen molar-refractivity contribution in [1.82, 2.24) is 34.8 Å². The molecule has 5 rings (SSSR count). The molecule has 0 aliphatic carbocycles. The third-order valence-electron chi connectivity index (χ3n) is 7.49. The number of alkyl halides is 2. The highest BCUT2D eigenvalue weighted by Gasteiger charge is 2.39. The minimum atomic E-state index is -3.33. The molecular weight excluding hydrogens is 660 g/mol. The first-order valence-corrected chi connectivity index (χ1v) is 16.5. The zero-order chi connectivity index (χ0) is 33.9. The fraction of sp³-hybridized carbons (Fsp3) is 0.310. The molecule has 14 nitrogen and oxygen atoms in total. The van der Waals surface area contributed by atoms with Gasteiger partial charge in [-0.05, 0) is 42.3 Å². The van der Waals surface area contributed by atoms with Crippen LogP contribution in [0.3, 0.4) is 0 Å². The van der Waals surface area contributed by atoms with Gasteiger partial charge in [-0.2, -0.15) is 19.0 Å². The van der Waals surface area contributed by atoms with Crippen LogP contribution in [0.5, 0.6) is 0 Å². The topological polar surface area (TPSA) is 182 Å². The van der Waals surface area contributed by atoms with E-state index < -0.39 is 46.3 Å². The van der Waals surface area contributed by atoms with Gasteiger partial charge in [-0.1, -0.05) is 29.8 Å². The first kappa shape index (κ1) is 33.5. The van der Waals surface area contributed by atoms with Crippen molar-refractivity contribution in [2.24, 2.45) is 10.7 Å². The summed E-state index contributed by atoms with van der Waals surface area (Å²) in [5, 5.41) is 9.89. The summed E-state index contributed by atoms with van der Waals surface area (Å²) in [5.74, 6) is -0.426. The van der Waals surface area contributed by atoms with Crippen LogP contribution in [0.25, 0.3) is 22.5 Å². The fourth-order valence-electron chi connectivity index (χ4n) is 4.87. The summed E-state index contributed by atoms with van der Waals surface area (Å²) in [5.41, 5.74) is 8.42. The quantitative estimate of drug-likeness (QED) is 0.185. The molecule has 1 saturated heterocycles. The van der Waals surface area contributed by atoms with Gasteiger partial charge in [0.1, 0.15) is 12.9 Å². The van der Waals surface area contributed by atoms with E-state index in [2.05, 4.69) is 25.3 Å². The van der Waals surface area contributed by atoms with Crippen molar-refractivity contribution in [3.05, 3.63) is 77.3 Å². The van der Waals surface area contributed by atoms with Crippen molar-refractivity contribution < 1.29 is 31.5 Å². The van der Waals surface area contributed by atoms with Crippen LogP contribution < -0.4 is 5.73 Å². The van der Waals surface area contributed by atoms with Gasteiger partial charge in [-0.3, -0.25) is 19.8 Å². The molecule has 0 saturated carbocycles. The highest BCUT2D eigenvalue weighted by molar-refractivity contribution is 7.91. The van der Waals surface area contributed by atoms with E-state index in [9.17, 15) is 26.8 Å². The van der Waals surface area contributed by atoms with Gasteiger partial charge in [-0.25, -0.2) is 22.9 Å². The lowest BCUT2D eigenvalue weighted by atomic mass is 10.0. The number of aromatic nitrogens is 5. The number of aliphatic imine (C=N–C) groups is 1. The Kier molecular flexibility index (Phi) is 9.85. The summed E-state index contributed by atoms with van der Waals surface area (Å²) < 4.78 is 55.9. The monoisotopic (exact) mass is 689 g/mol. The normalized spacial score (nSPS) is 14.6. The van der Waals surface area contributed by atoms with Gasteiger partial charge in [-0.15, -0.1) is 0 Å². The number of carbonyl (C=O) groups is 2. The molecule has 2 aromatic heterocycles. The summed E-state index contributed by atoms with van der Waals surface area (Å²) in [4.78, 5) is 38.0. The third-order valence-corrected chi connectivity index (χ3v) is 9.32. The van der Waals surface area contributed by atoms with Gasteiger partial charge in [0.05, 0.1) is 22.5 Å². The molecule has 47 heavy (non-hydrogen) atoms. The third kappa shape index (κ3) is 7.41. The van der Waals surface area contributed by atoms with Crippen LogP contribution >= 0.6 is 11.6 Å². The summed E-state index contributed by atoms with van der Waals surface area (Å²) >= 11 is 6.47. The van der Waals surface area contributed by atoms with Gasteiger partial charge < -0.3 is 15.4 Å². The minimum Gasteiger partial charge on any atom is -0.447 e. The standard InChI is InChI=1S/C29H30ClF2N9O5S/c1-3-34-28(33)41(26(42)18-6-4-17(5-7-18)20-11-37-40(12-20)27(31)32)24(15-46-29(43)39-13-21(14-39)47(2,44)45)19-8-9-23(30)22(10-19)25-35-16-36-38-25/h4-12,16,21,24,27H,3,13-15H2,1-2H3,(H2,33,34)(H,35,36,38)/t24-/m1/s1. The Hall–Kier alpha value is -4.90. The molecule has 0 bridgehead atoms. The van der Waals surface area contributed by atoms with E-state index in [0.717, 1.165) is 6.26 Å². The number of nitrogens with zero attached hydrogens (tertiary/aromatic N) is 7. The van der Waals surface area contributed by atoms with Crippen LogP contribution in [0, 0.1) is 0 Å². The van der Waals surface area contributed by atoms with E-state index in [1.807, 2.05) is 0 Å². The molecule has 3 heterocycles. The summed E-state index contributed by atoms with van der Waals surface area (Å²) in [6.45, 7) is -1.30. The van der Waals surface area contributed by atoms with Crippen molar-refractivity contribution in [3.8, 4) is 22.5 Å². The molecule has 3 N–H and O–H groups in total. The first-order valence-electron chi connectivity index (χ1n) is 14.2. The highest BCUT2D eigenvalue weighted by Crippen LogP contribution is 2.32. The number of ether oxygens (including phenoxy) is 1. The number of carbonyl (C=O) groups excluding carboxylic acids is 2. The number of hydrogen-bond donors (Lipinski definition) is 2. The van der Waals surface area contributed by atoms with Crippen molar-refractivity contribution in [3.63, 3.8) is 0 Å². The van der Waals surface area contributed by atoms with Crippen molar-refractivity contribution >= 4 is 39.4 Å². The molecule has 1 atom stereocenters. The molecular formula is C29H30ClF2N9O5S. The van der Waals surface area contributed by atoms with Gasteiger partial charge in [0.15, 0.2) is 21.6 Å². The number of amides is 2. The van der Waals surface area contributed by atoms with E-state index in [-0.39, 0.29) is 31.2 Å². The number of sulfone groups is 1. The number of nitrogens with two attached hydrogens (primary N) is 1. The number of H-pyrrole nitrogens is 1. The molecule has 2 aromatic carbocycles. The Bertz CT molecular complexity index is 1880. The fourth-order valence-corrected chi connectivity index (χ4v) is 5.98. The van der Waals surface area contributed by atoms with Gasteiger partial charge in [0.2, 0.25) is 0 Å². The maximum Gasteiger partial charge on any atom is 0.409 e. The molecule has 1 aliphatic heterocycles.